The molecule has 0 fully saturated rings. The van der Waals surface area contributed by atoms with Crippen molar-refractivity contribution < 1.29 is 13.9 Å². The SMILES string of the molecule is CCN(CCC(O)c1ccc(F)cn1)Cc1ccco1. The molecular formula is C15H19FN2O2. The van der Waals surface area contributed by atoms with Crippen LogP contribution in [0.25, 0.3) is 0 Å². The standard InChI is InChI=1S/C15H19FN2O2/c1-2-18(11-13-4-3-9-20-13)8-7-15(19)14-6-5-12(16)10-17-14/h3-6,9-10,15,19H,2,7-8,11H2,1H3. The molecule has 4 nitrogen and oxygen atoms in total. The molecule has 0 aromatic carbocycles. The zero-order valence-electron chi connectivity index (χ0n) is 11.5. The van der Waals surface area contributed by atoms with Gasteiger partial charge in [-0.05, 0) is 37.2 Å². The van der Waals surface area contributed by atoms with Gasteiger partial charge in [0.05, 0.1) is 30.8 Å². The van der Waals surface area contributed by atoms with Crippen molar-refractivity contribution in [1.29, 1.82) is 0 Å². The van der Waals surface area contributed by atoms with E-state index in [9.17, 15) is 9.50 Å². The summed E-state index contributed by atoms with van der Waals surface area (Å²) in [4.78, 5) is 6.07. The van der Waals surface area contributed by atoms with Crippen molar-refractivity contribution in [1.82, 2.24) is 9.88 Å². The van der Waals surface area contributed by atoms with Gasteiger partial charge in [-0.15, -0.1) is 0 Å². The quantitative estimate of drug-likeness (QED) is 0.846. The maximum atomic E-state index is 12.8. The molecule has 2 heterocycles. The van der Waals surface area contributed by atoms with E-state index in [1.807, 2.05) is 12.1 Å². The molecule has 1 unspecified atom stereocenters. The zero-order valence-corrected chi connectivity index (χ0v) is 11.5. The third-order valence-electron chi connectivity index (χ3n) is 3.22. The molecule has 2 aromatic heterocycles. The highest BCUT2D eigenvalue weighted by atomic mass is 19.1. The highest BCUT2D eigenvalue weighted by molar-refractivity contribution is 5.08. The maximum absolute atomic E-state index is 12.8. The van der Waals surface area contributed by atoms with E-state index in [2.05, 4.69) is 16.8 Å². The molecule has 0 aliphatic carbocycles. The zero-order chi connectivity index (χ0) is 14.4. The number of aliphatic hydroxyl groups excluding tert-OH is 1. The van der Waals surface area contributed by atoms with Gasteiger partial charge in [0.25, 0.3) is 0 Å². The average Bonchev–Trinajstić information content (AvgIpc) is 2.96. The number of aliphatic hydroxyl groups is 1. The molecule has 0 saturated carbocycles. The second-order valence-corrected chi connectivity index (χ2v) is 4.65. The number of nitrogens with zero attached hydrogens (tertiary/aromatic N) is 2. The fraction of sp³-hybridized carbons (Fsp3) is 0.400. The molecule has 0 bridgehead atoms. The Morgan fingerprint density at radius 3 is 2.85 bits per heavy atom. The predicted octanol–water partition coefficient (Wildman–Crippen LogP) is 2.76. The lowest BCUT2D eigenvalue weighted by Crippen LogP contribution is -2.25. The molecule has 20 heavy (non-hydrogen) atoms. The second kappa shape index (κ2) is 7.17. The molecule has 2 rings (SSSR count). The van der Waals surface area contributed by atoms with Gasteiger partial charge >= 0.3 is 0 Å². The number of halogens is 1. The molecule has 0 amide bonds. The van der Waals surface area contributed by atoms with Gasteiger partial charge in [-0.1, -0.05) is 6.92 Å². The minimum absolute atomic E-state index is 0.394. The van der Waals surface area contributed by atoms with Crippen LogP contribution in [0.15, 0.2) is 41.1 Å². The van der Waals surface area contributed by atoms with Crippen molar-refractivity contribution in [3.05, 3.63) is 54.0 Å². The molecule has 0 saturated heterocycles. The Labute approximate surface area is 117 Å². The second-order valence-electron chi connectivity index (χ2n) is 4.65. The normalized spacial score (nSPS) is 12.8. The summed E-state index contributed by atoms with van der Waals surface area (Å²) in [6.45, 7) is 4.36. The Morgan fingerprint density at radius 2 is 2.25 bits per heavy atom. The van der Waals surface area contributed by atoms with Gasteiger partial charge in [0.1, 0.15) is 11.6 Å². The van der Waals surface area contributed by atoms with Crippen LogP contribution in [0, 0.1) is 5.82 Å². The summed E-state index contributed by atoms with van der Waals surface area (Å²) in [6.07, 6.45) is 2.65. The average molecular weight is 278 g/mol. The number of hydrogen-bond acceptors (Lipinski definition) is 4. The summed E-state index contributed by atoms with van der Waals surface area (Å²) in [6, 6.07) is 6.62. The van der Waals surface area contributed by atoms with E-state index >= 15 is 0 Å². The summed E-state index contributed by atoms with van der Waals surface area (Å²) in [5, 5.41) is 10.0. The summed E-state index contributed by atoms with van der Waals surface area (Å²) in [7, 11) is 0. The Kier molecular flexibility index (Phi) is 5.26. The number of rotatable bonds is 7. The molecule has 0 aliphatic heterocycles. The van der Waals surface area contributed by atoms with Crippen molar-refractivity contribution >= 4 is 0 Å². The van der Waals surface area contributed by atoms with E-state index in [0.29, 0.717) is 18.7 Å². The van der Waals surface area contributed by atoms with Gasteiger partial charge < -0.3 is 9.52 Å². The first-order chi connectivity index (χ1) is 9.69. The fourth-order valence-corrected chi connectivity index (χ4v) is 2.01. The van der Waals surface area contributed by atoms with Crippen LogP contribution in [-0.4, -0.2) is 28.1 Å². The Hall–Kier alpha value is -1.72. The number of aromatic nitrogens is 1. The highest BCUT2D eigenvalue weighted by Gasteiger charge is 2.12. The summed E-state index contributed by atoms with van der Waals surface area (Å²) in [5.74, 6) is 0.509. The van der Waals surface area contributed by atoms with Crippen LogP contribution in [0.4, 0.5) is 4.39 Å². The highest BCUT2D eigenvalue weighted by Crippen LogP contribution is 2.15. The summed E-state index contributed by atoms with van der Waals surface area (Å²) < 4.78 is 18.1. The van der Waals surface area contributed by atoms with Crippen molar-refractivity contribution in [2.24, 2.45) is 0 Å². The van der Waals surface area contributed by atoms with Crippen LogP contribution in [0.1, 0.15) is 30.9 Å². The Balaban J connectivity index is 1.84. The van der Waals surface area contributed by atoms with E-state index in [0.717, 1.165) is 25.0 Å². The first-order valence-electron chi connectivity index (χ1n) is 6.73. The van der Waals surface area contributed by atoms with Crippen molar-refractivity contribution in [3.63, 3.8) is 0 Å². The smallest absolute Gasteiger partial charge is 0.141 e. The van der Waals surface area contributed by atoms with Crippen molar-refractivity contribution in [2.45, 2.75) is 26.0 Å². The lowest BCUT2D eigenvalue weighted by molar-refractivity contribution is 0.135. The molecule has 1 N–H and O–H groups in total. The van der Waals surface area contributed by atoms with Gasteiger partial charge in [-0.3, -0.25) is 9.88 Å². The summed E-state index contributed by atoms with van der Waals surface area (Å²) in [5.41, 5.74) is 0.500. The van der Waals surface area contributed by atoms with Crippen molar-refractivity contribution in [3.8, 4) is 0 Å². The van der Waals surface area contributed by atoms with E-state index in [1.165, 1.54) is 12.1 Å². The Morgan fingerprint density at radius 1 is 1.40 bits per heavy atom. The van der Waals surface area contributed by atoms with E-state index in [-0.39, 0.29) is 0 Å². The Bertz CT molecular complexity index is 499. The van der Waals surface area contributed by atoms with Crippen LogP contribution < -0.4 is 0 Å². The van der Waals surface area contributed by atoms with Gasteiger partial charge in [0.15, 0.2) is 0 Å². The van der Waals surface area contributed by atoms with Gasteiger partial charge in [-0.25, -0.2) is 4.39 Å². The first-order valence-corrected chi connectivity index (χ1v) is 6.73. The molecule has 1 atom stereocenters. The van der Waals surface area contributed by atoms with E-state index in [1.54, 1.807) is 6.26 Å². The molecular weight excluding hydrogens is 259 g/mol. The number of furan rings is 1. The van der Waals surface area contributed by atoms with Gasteiger partial charge in [0.2, 0.25) is 0 Å². The number of hydrogen-bond donors (Lipinski definition) is 1. The third-order valence-corrected chi connectivity index (χ3v) is 3.22. The monoisotopic (exact) mass is 278 g/mol. The molecule has 5 heteroatoms. The maximum Gasteiger partial charge on any atom is 0.141 e. The predicted molar refractivity (Wildman–Crippen MR) is 73.4 cm³/mol. The molecule has 0 spiro atoms. The minimum Gasteiger partial charge on any atom is -0.468 e. The van der Waals surface area contributed by atoms with Crippen LogP contribution in [0.2, 0.25) is 0 Å². The minimum atomic E-state index is -0.679. The first kappa shape index (κ1) is 14.7. The van der Waals surface area contributed by atoms with Gasteiger partial charge in [-0.2, -0.15) is 0 Å². The molecule has 0 radical (unpaired) electrons. The van der Waals surface area contributed by atoms with Crippen LogP contribution in [0.3, 0.4) is 0 Å². The van der Waals surface area contributed by atoms with E-state index < -0.39 is 11.9 Å². The fourth-order valence-electron chi connectivity index (χ4n) is 2.01. The van der Waals surface area contributed by atoms with Crippen molar-refractivity contribution in [2.75, 3.05) is 13.1 Å². The van der Waals surface area contributed by atoms with E-state index in [4.69, 9.17) is 4.42 Å². The number of pyridine rings is 1. The van der Waals surface area contributed by atoms with Crippen LogP contribution >= 0.6 is 0 Å². The lowest BCUT2D eigenvalue weighted by atomic mass is 10.1. The van der Waals surface area contributed by atoms with Crippen LogP contribution in [-0.2, 0) is 6.54 Å². The lowest BCUT2D eigenvalue weighted by Gasteiger charge is -2.20. The molecule has 2 aromatic rings. The topological polar surface area (TPSA) is 49.5 Å². The van der Waals surface area contributed by atoms with Gasteiger partial charge in [0, 0.05) is 6.54 Å². The third kappa shape index (κ3) is 4.15. The molecule has 108 valence electrons. The van der Waals surface area contributed by atoms with Crippen LogP contribution in [0.5, 0.6) is 0 Å². The summed E-state index contributed by atoms with van der Waals surface area (Å²) >= 11 is 0. The largest absolute Gasteiger partial charge is 0.468 e. The molecule has 0 aliphatic rings.